The third-order valence-electron chi connectivity index (χ3n) is 3.74. The van der Waals surface area contributed by atoms with Crippen LogP contribution in [0.4, 0.5) is 0 Å². The second-order valence-corrected chi connectivity index (χ2v) is 7.37. The lowest BCUT2D eigenvalue weighted by Crippen LogP contribution is -2.01. The zero-order valence-corrected chi connectivity index (χ0v) is 14.5. The maximum atomic E-state index is 5.87. The van der Waals surface area contributed by atoms with Crippen molar-refractivity contribution in [2.75, 3.05) is 0 Å². The van der Waals surface area contributed by atoms with Crippen LogP contribution in [0.5, 0.6) is 5.75 Å². The van der Waals surface area contributed by atoms with Crippen molar-refractivity contribution in [3.05, 3.63) is 32.7 Å². The quantitative estimate of drug-likeness (QED) is 0.674. The summed E-state index contributed by atoms with van der Waals surface area (Å²) in [6.45, 7) is 3.42. The standard InChI is InChI=1S/C15H15BrN4OS/c1-9-8-22-13(17-9)7-21-12-5-4-11-15(14(12)16)18-19-20(11)6-10-2-3-10/h4-5,8,10H,2-3,6-7H2,1H3. The summed E-state index contributed by atoms with van der Waals surface area (Å²) >= 11 is 5.21. The first-order valence-electron chi connectivity index (χ1n) is 7.26. The lowest BCUT2D eigenvalue weighted by Gasteiger charge is -2.07. The smallest absolute Gasteiger partial charge is 0.140 e. The number of hydrogen-bond acceptors (Lipinski definition) is 5. The molecule has 0 radical (unpaired) electrons. The van der Waals surface area contributed by atoms with Crippen molar-refractivity contribution in [2.24, 2.45) is 5.92 Å². The number of halogens is 1. The Labute approximate surface area is 140 Å². The van der Waals surface area contributed by atoms with Gasteiger partial charge in [0.05, 0.1) is 9.99 Å². The van der Waals surface area contributed by atoms with Gasteiger partial charge >= 0.3 is 0 Å². The van der Waals surface area contributed by atoms with Crippen LogP contribution in [0.3, 0.4) is 0 Å². The molecule has 0 spiro atoms. The molecule has 5 nitrogen and oxygen atoms in total. The molecule has 2 aromatic heterocycles. The normalized spacial score (nSPS) is 14.6. The molecule has 1 aliphatic carbocycles. The van der Waals surface area contributed by atoms with Gasteiger partial charge in [0.1, 0.15) is 22.9 Å². The van der Waals surface area contributed by atoms with Crippen molar-refractivity contribution in [2.45, 2.75) is 32.9 Å². The third kappa shape index (κ3) is 2.75. The first kappa shape index (κ1) is 14.1. The molecule has 1 saturated carbocycles. The van der Waals surface area contributed by atoms with E-state index in [0.29, 0.717) is 6.61 Å². The minimum Gasteiger partial charge on any atom is -0.485 e. The van der Waals surface area contributed by atoms with Gasteiger partial charge in [-0.05, 0) is 53.7 Å². The molecule has 0 amide bonds. The topological polar surface area (TPSA) is 52.8 Å². The van der Waals surface area contributed by atoms with Crippen LogP contribution in [0.25, 0.3) is 11.0 Å². The summed E-state index contributed by atoms with van der Waals surface area (Å²) in [7, 11) is 0. The van der Waals surface area contributed by atoms with Crippen LogP contribution >= 0.6 is 27.3 Å². The monoisotopic (exact) mass is 378 g/mol. The summed E-state index contributed by atoms with van der Waals surface area (Å²) in [5.41, 5.74) is 2.94. The molecule has 4 rings (SSSR count). The van der Waals surface area contributed by atoms with E-state index in [1.165, 1.54) is 12.8 Å². The highest BCUT2D eigenvalue weighted by Crippen LogP contribution is 2.35. The molecule has 0 unspecified atom stereocenters. The Balaban J connectivity index is 1.57. The SMILES string of the molecule is Cc1csc(COc2ccc3c(nnn3CC3CC3)c2Br)n1. The summed E-state index contributed by atoms with van der Waals surface area (Å²) in [5.74, 6) is 1.55. The van der Waals surface area contributed by atoms with Gasteiger partial charge in [0.2, 0.25) is 0 Å². The van der Waals surface area contributed by atoms with Crippen molar-refractivity contribution in [3.8, 4) is 5.75 Å². The van der Waals surface area contributed by atoms with Gasteiger partial charge in [-0.3, -0.25) is 0 Å². The van der Waals surface area contributed by atoms with Crippen LogP contribution in [-0.2, 0) is 13.2 Å². The summed E-state index contributed by atoms with van der Waals surface area (Å²) < 4.78 is 8.72. The molecule has 22 heavy (non-hydrogen) atoms. The molecule has 0 atom stereocenters. The van der Waals surface area contributed by atoms with Crippen LogP contribution in [0, 0.1) is 12.8 Å². The highest BCUT2D eigenvalue weighted by molar-refractivity contribution is 9.10. The molecule has 114 valence electrons. The zero-order chi connectivity index (χ0) is 15.1. The van der Waals surface area contributed by atoms with E-state index >= 15 is 0 Å². The van der Waals surface area contributed by atoms with E-state index in [1.807, 2.05) is 29.1 Å². The van der Waals surface area contributed by atoms with Crippen molar-refractivity contribution >= 4 is 38.3 Å². The van der Waals surface area contributed by atoms with Gasteiger partial charge in [0.15, 0.2) is 0 Å². The molecule has 0 N–H and O–H groups in total. The maximum absolute atomic E-state index is 5.87. The van der Waals surface area contributed by atoms with Crippen LogP contribution in [-0.4, -0.2) is 20.0 Å². The molecule has 7 heteroatoms. The fourth-order valence-electron chi connectivity index (χ4n) is 2.39. The van der Waals surface area contributed by atoms with E-state index in [2.05, 4.69) is 31.2 Å². The predicted octanol–water partition coefficient (Wildman–Crippen LogP) is 3.95. The lowest BCUT2D eigenvalue weighted by atomic mass is 10.3. The van der Waals surface area contributed by atoms with E-state index in [-0.39, 0.29) is 0 Å². The zero-order valence-electron chi connectivity index (χ0n) is 12.1. The first-order chi connectivity index (χ1) is 10.7. The Hall–Kier alpha value is -1.47. The molecule has 1 fully saturated rings. The minimum absolute atomic E-state index is 0.471. The van der Waals surface area contributed by atoms with E-state index in [0.717, 1.165) is 44.4 Å². The number of aromatic nitrogens is 4. The summed E-state index contributed by atoms with van der Waals surface area (Å²) in [4.78, 5) is 4.41. The number of nitrogens with zero attached hydrogens (tertiary/aromatic N) is 4. The van der Waals surface area contributed by atoms with Gasteiger partial charge in [-0.25, -0.2) is 9.67 Å². The number of thiazole rings is 1. The van der Waals surface area contributed by atoms with Crippen LogP contribution in [0.15, 0.2) is 22.0 Å². The summed E-state index contributed by atoms with van der Waals surface area (Å²) in [6.07, 6.45) is 2.61. The van der Waals surface area contributed by atoms with E-state index in [1.54, 1.807) is 11.3 Å². The van der Waals surface area contributed by atoms with E-state index in [4.69, 9.17) is 4.74 Å². The predicted molar refractivity (Wildman–Crippen MR) is 89.1 cm³/mol. The van der Waals surface area contributed by atoms with Crippen molar-refractivity contribution in [1.82, 2.24) is 20.0 Å². The molecular formula is C15H15BrN4OS. The molecule has 0 aliphatic heterocycles. The highest BCUT2D eigenvalue weighted by Gasteiger charge is 2.23. The Kier molecular flexibility index (Phi) is 3.62. The van der Waals surface area contributed by atoms with Gasteiger partial charge in [-0.1, -0.05) is 5.21 Å². The first-order valence-corrected chi connectivity index (χ1v) is 8.93. The number of rotatable bonds is 5. The number of benzene rings is 1. The van der Waals surface area contributed by atoms with E-state index in [9.17, 15) is 0 Å². The Morgan fingerprint density at radius 1 is 1.41 bits per heavy atom. The van der Waals surface area contributed by atoms with Gasteiger partial charge in [0, 0.05) is 17.6 Å². The number of ether oxygens (including phenoxy) is 1. The van der Waals surface area contributed by atoms with Crippen molar-refractivity contribution in [1.29, 1.82) is 0 Å². The number of hydrogen-bond donors (Lipinski definition) is 0. The maximum Gasteiger partial charge on any atom is 0.140 e. The molecule has 0 saturated heterocycles. The van der Waals surface area contributed by atoms with Gasteiger partial charge < -0.3 is 4.74 Å². The Morgan fingerprint density at radius 3 is 3.00 bits per heavy atom. The van der Waals surface area contributed by atoms with E-state index < -0.39 is 0 Å². The molecular weight excluding hydrogens is 364 g/mol. The Morgan fingerprint density at radius 2 is 2.27 bits per heavy atom. The molecule has 3 aromatic rings. The Bertz CT molecular complexity index is 824. The minimum atomic E-state index is 0.471. The fraction of sp³-hybridized carbons (Fsp3) is 0.400. The third-order valence-corrected chi connectivity index (χ3v) is 5.44. The number of aryl methyl sites for hydroxylation is 1. The van der Waals surface area contributed by atoms with Crippen molar-refractivity contribution in [3.63, 3.8) is 0 Å². The molecule has 1 aromatic carbocycles. The summed E-state index contributed by atoms with van der Waals surface area (Å²) in [5, 5.41) is 11.6. The largest absolute Gasteiger partial charge is 0.485 e. The average Bonchev–Trinajstić information content (AvgIpc) is 3.08. The average molecular weight is 379 g/mol. The van der Waals surface area contributed by atoms with Crippen LogP contribution in [0.1, 0.15) is 23.5 Å². The molecule has 1 aliphatic rings. The van der Waals surface area contributed by atoms with Crippen LogP contribution in [0.2, 0.25) is 0 Å². The van der Waals surface area contributed by atoms with Gasteiger partial charge in [0.25, 0.3) is 0 Å². The van der Waals surface area contributed by atoms with Gasteiger partial charge in [-0.2, -0.15) is 0 Å². The second-order valence-electron chi connectivity index (χ2n) is 5.63. The molecule has 2 heterocycles. The summed E-state index contributed by atoms with van der Waals surface area (Å²) in [6, 6.07) is 4.00. The van der Waals surface area contributed by atoms with Gasteiger partial charge in [-0.15, -0.1) is 16.4 Å². The van der Waals surface area contributed by atoms with Crippen LogP contribution < -0.4 is 4.74 Å². The lowest BCUT2D eigenvalue weighted by molar-refractivity contribution is 0.304. The number of fused-ring (bicyclic) bond motifs is 1. The van der Waals surface area contributed by atoms with Crippen molar-refractivity contribution < 1.29 is 4.74 Å². The molecule has 0 bridgehead atoms. The second kappa shape index (κ2) is 5.62. The highest BCUT2D eigenvalue weighted by atomic mass is 79.9. The fourth-order valence-corrected chi connectivity index (χ4v) is 3.60.